The molecule has 1 aromatic heterocycles. The van der Waals surface area contributed by atoms with Gasteiger partial charge in [-0.1, -0.05) is 37.3 Å². The summed E-state index contributed by atoms with van der Waals surface area (Å²) in [6.07, 6.45) is 1.96. The molecule has 0 fully saturated rings. The molecule has 2 aromatic rings. The first-order valence-electron chi connectivity index (χ1n) is 6.55. The third kappa shape index (κ3) is 4.01. The number of anilines is 1. The molecule has 0 saturated carbocycles. The highest BCUT2D eigenvalue weighted by atomic mass is 32.1. The molecule has 1 aromatic carbocycles. The van der Waals surface area contributed by atoms with Crippen LogP contribution in [0.3, 0.4) is 0 Å². The molecule has 0 radical (unpaired) electrons. The van der Waals surface area contributed by atoms with Crippen molar-refractivity contribution in [1.82, 2.24) is 9.36 Å². The molecule has 1 heterocycles. The summed E-state index contributed by atoms with van der Waals surface area (Å²) in [6.45, 7) is 3.57. The second-order valence-electron chi connectivity index (χ2n) is 4.37. The fraction of sp³-hybridized carbons (Fsp3) is 0.429. The number of aliphatic hydroxyl groups is 1. The van der Waals surface area contributed by atoms with E-state index in [1.165, 1.54) is 17.1 Å². The van der Waals surface area contributed by atoms with Gasteiger partial charge in [-0.15, -0.1) is 0 Å². The highest BCUT2D eigenvalue weighted by Crippen LogP contribution is 2.20. The maximum Gasteiger partial charge on any atom is 0.205 e. The van der Waals surface area contributed by atoms with Crippen LogP contribution in [0, 0.1) is 0 Å². The minimum Gasteiger partial charge on any atom is -0.395 e. The van der Waals surface area contributed by atoms with Crippen molar-refractivity contribution in [2.45, 2.75) is 26.3 Å². The highest BCUT2D eigenvalue weighted by Gasteiger charge is 2.12. The Balaban J connectivity index is 2.10. The lowest BCUT2D eigenvalue weighted by molar-refractivity contribution is 0.301. The van der Waals surface area contributed by atoms with Gasteiger partial charge in [0.25, 0.3) is 0 Å². The average Bonchev–Trinajstić information content (AvgIpc) is 2.88. The predicted molar refractivity (Wildman–Crippen MR) is 78.5 cm³/mol. The van der Waals surface area contributed by atoms with Gasteiger partial charge in [0.05, 0.1) is 6.61 Å². The SMILES string of the molecule is CCCc1nsc(N(CCO)Cc2ccccc2)n1. The van der Waals surface area contributed by atoms with Gasteiger partial charge in [-0.25, -0.2) is 4.98 Å². The van der Waals surface area contributed by atoms with Crippen LogP contribution in [0.2, 0.25) is 0 Å². The van der Waals surface area contributed by atoms with Crippen molar-refractivity contribution >= 4 is 16.7 Å². The third-order valence-corrected chi connectivity index (χ3v) is 3.60. The number of aliphatic hydroxyl groups excluding tert-OH is 1. The highest BCUT2D eigenvalue weighted by molar-refractivity contribution is 7.09. The number of benzene rings is 1. The Morgan fingerprint density at radius 2 is 2.05 bits per heavy atom. The molecule has 0 spiro atoms. The molecule has 0 aliphatic carbocycles. The second kappa shape index (κ2) is 7.21. The van der Waals surface area contributed by atoms with Gasteiger partial charge >= 0.3 is 0 Å². The first-order valence-corrected chi connectivity index (χ1v) is 7.33. The number of aromatic nitrogens is 2. The van der Waals surface area contributed by atoms with Gasteiger partial charge in [-0.3, -0.25) is 0 Å². The van der Waals surface area contributed by atoms with E-state index in [2.05, 4.69) is 33.3 Å². The lowest BCUT2D eigenvalue weighted by atomic mass is 10.2. The normalized spacial score (nSPS) is 10.6. The van der Waals surface area contributed by atoms with Crippen LogP contribution >= 0.6 is 11.5 Å². The zero-order valence-corrected chi connectivity index (χ0v) is 11.9. The number of hydrogen-bond donors (Lipinski definition) is 1. The van der Waals surface area contributed by atoms with Crippen molar-refractivity contribution in [3.63, 3.8) is 0 Å². The third-order valence-electron chi connectivity index (χ3n) is 2.79. The second-order valence-corrected chi connectivity index (χ2v) is 5.10. The van der Waals surface area contributed by atoms with E-state index in [0.29, 0.717) is 6.54 Å². The van der Waals surface area contributed by atoms with Gasteiger partial charge in [-0.2, -0.15) is 4.37 Å². The molecule has 0 atom stereocenters. The predicted octanol–water partition coefficient (Wildman–Crippen LogP) is 2.49. The Labute approximate surface area is 117 Å². The Bertz CT molecular complexity index is 486. The molecule has 1 N–H and O–H groups in total. The van der Waals surface area contributed by atoms with E-state index < -0.39 is 0 Å². The molecular formula is C14H19N3OS. The monoisotopic (exact) mass is 277 g/mol. The van der Waals surface area contributed by atoms with E-state index in [0.717, 1.165) is 30.3 Å². The molecule has 0 unspecified atom stereocenters. The Kier molecular flexibility index (Phi) is 5.30. The summed E-state index contributed by atoms with van der Waals surface area (Å²) in [4.78, 5) is 6.61. The first-order chi connectivity index (χ1) is 9.33. The maximum absolute atomic E-state index is 9.20. The van der Waals surface area contributed by atoms with Crippen molar-refractivity contribution < 1.29 is 5.11 Å². The molecular weight excluding hydrogens is 258 g/mol. The van der Waals surface area contributed by atoms with Crippen LogP contribution in [-0.2, 0) is 13.0 Å². The molecule has 102 valence electrons. The standard InChI is InChI=1S/C14H19N3OS/c1-2-6-13-15-14(19-16-13)17(9-10-18)11-12-7-4-3-5-8-12/h3-5,7-8,18H,2,6,9-11H2,1H3. The van der Waals surface area contributed by atoms with E-state index in [1.807, 2.05) is 18.2 Å². The summed E-state index contributed by atoms with van der Waals surface area (Å²) < 4.78 is 4.36. The van der Waals surface area contributed by atoms with Gasteiger partial charge in [0, 0.05) is 31.0 Å². The smallest absolute Gasteiger partial charge is 0.205 e. The largest absolute Gasteiger partial charge is 0.395 e. The fourth-order valence-electron chi connectivity index (χ4n) is 1.87. The molecule has 4 nitrogen and oxygen atoms in total. The van der Waals surface area contributed by atoms with E-state index in [4.69, 9.17) is 0 Å². The maximum atomic E-state index is 9.20. The Morgan fingerprint density at radius 1 is 1.26 bits per heavy atom. The molecule has 19 heavy (non-hydrogen) atoms. The van der Waals surface area contributed by atoms with Crippen molar-refractivity contribution in [2.24, 2.45) is 0 Å². The lowest BCUT2D eigenvalue weighted by Crippen LogP contribution is -2.26. The summed E-state index contributed by atoms with van der Waals surface area (Å²) in [7, 11) is 0. The molecule has 0 bridgehead atoms. The number of rotatable bonds is 7. The topological polar surface area (TPSA) is 49.2 Å². The van der Waals surface area contributed by atoms with E-state index in [1.54, 1.807) is 0 Å². The van der Waals surface area contributed by atoms with E-state index in [9.17, 15) is 5.11 Å². The average molecular weight is 277 g/mol. The molecule has 0 aliphatic rings. The lowest BCUT2D eigenvalue weighted by Gasteiger charge is -2.20. The van der Waals surface area contributed by atoms with Crippen LogP contribution in [-0.4, -0.2) is 27.6 Å². The van der Waals surface area contributed by atoms with Crippen LogP contribution < -0.4 is 4.90 Å². The molecule has 2 rings (SSSR count). The number of nitrogens with zero attached hydrogens (tertiary/aromatic N) is 3. The summed E-state index contributed by atoms with van der Waals surface area (Å²) >= 11 is 1.41. The van der Waals surface area contributed by atoms with Gasteiger partial charge in [-0.05, 0) is 12.0 Å². The minimum absolute atomic E-state index is 0.121. The number of aryl methyl sites for hydroxylation is 1. The zero-order chi connectivity index (χ0) is 13.5. The molecule has 5 heteroatoms. The van der Waals surface area contributed by atoms with Crippen molar-refractivity contribution in [2.75, 3.05) is 18.1 Å². The van der Waals surface area contributed by atoms with Gasteiger partial charge < -0.3 is 10.0 Å². The Morgan fingerprint density at radius 3 is 2.74 bits per heavy atom. The zero-order valence-electron chi connectivity index (χ0n) is 11.1. The molecule has 0 amide bonds. The molecule has 0 aliphatic heterocycles. The van der Waals surface area contributed by atoms with Crippen LogP contribution in [0.1, 0.15) is 24.7 Å². The first kappa shape index (κ1) is 14.0. The minimum atomic E-state index is 0.121. The van der Waals surface area contributed by atoms with Gasteiger partial charge in [0.2, 0.25) is 5.13 Å². The fourth-order valence-corrected chi connectivity index (χ4v) is 2.60. The summed E-state index contributed by atoms with van der Waals surface area (Å²) in [5.41, 5.74) is 1.21. The van der Waals surface area contributed by atoms with Crippen molar-refractivity contribution in [1.29, 1.82) is 0 Å². The van der Waals surface area contributed by atoms with Crippen molar-refractivity contribution in [3.8, 4) is 0 Å². The Hall–Kier alpha value is -1.46. The van der Waals surface area contributed by atoms with Crippen molar-refractivity contribution in [3.05, 3.63) is 41.7 Å². The summed E-state index contributed by atoms with van der Waals surface area (Å²) in [6, 6.07) is 10.2. The quantitative estimate of drug-likeness (QED) is 0.844. The van der Waals surface area contributed by atoms with Crippen LogP contribution in [0.15, 0.2) is 30.3 Å². The summed E-state index contributed by atoms with van der Waals surface area (Å²) in [5, 5.41) is 10.1. The van der Waals surface area contributed by atoms with Gasteiger partial charge in [0.15, 0.2) is 0 Å². The van der Waals surface area contributed by atoms with Gasteiger partial charge in [0.1, 0.15) is 5.82 Å². The van der Waals surface area contributed by atoms with Crippen LogP contribution in [0.25, 0.3) is 0 Å². The number of hydrogen-bond acceptors (Lipinski definition) is 5. The van der Waals surface area contributed by atoms with Crippen LogP contribution in [0.4, 0.5) is 5.13 Å². The summed E-state index contributed by atoms with van der Waals surface area (Å²) in [5.74, 6) is 0.901. The van der Waals surface area contributed by atoms with E-state index >= 15 is 0 Å². The van der Waals surface area contributed by atoms with Crippen LogP contribution in [0.5, 0.6) is 0 Å². The molecule has 0 saturated heterocycles. The van der Waals surface area contributed by atoms with E-state index in [-0.39, 0.29) is 6.61 Å².